The summed E-state index contributed by atoms with van der Waals surface area (Å²) in [5.74, 6) is 0.268. The van der Waals surface area contributed by atoms with Crippen LogP contribution in [0.3, 0.4) is 0 Å². The van der Waals surface area contributed by atoms with Gasteiger partial charge in [-0.1, -0.05) is 6.07 Å². The van der Waals surface area contributed by atoms with Gasteiger partial charge in [0.1, 0.15) is 21.2 Å². The molecule has 0 atom stereocenters. The minimum Gasteiger partial charge on any atom is -0.488 e. The zero-order valence-electron chi connectivity index (χ0n) is 17.2. The third kappa shape index (κ3) is 11.5. The summed E-state index contributed by atoms with van der Waals surface area (Å²) >= 11 is 0. The predicted octanol–water partition coefficient (Wildman–Crippen LogP) is 3.60. The molecule has 0 saturated carbocycles. The van der Waals surface area contributed by atoms with E-state index in [9.17, 15) is 21.6 Å². The van der Waals surface area contributed by atoms with Crippen molar-refractivity contribution in [3.63, 3.8) is 0 Å². The van der Waals surface area contributed by atoms with Gasteiger partial charge in [-0.15, -0.1) is 24.0 Å². The molecular weight excluding hydrogens is 522 g/mol. The van der Waals surface area contributed by atoms with Crippen LogP contribution in [0.5, 0.6) is 5.75 Å². The highest BCUT2D eigenvalue weighted by Crippen LogP contribution is 2.35. The summed E-state index contributed by atoms with van der Waals surface area (Å²) < 4.78 is 68.3. The van der Waals surface area contributed by atoms with Crippen molar-refractivity contribution in [2.24, 2.45) is 4.99 Å². The third-order valence-electron chi connectivity index (χ3n) is 3.33. The first-order valence-corrected chi connectivity index (χ1v) is 10.9. The normalized spacial score (nSPS) is 12.9. The van der Waals surface area contributed by atoms with Gasteiger partial charge in [-0.05, 0) is 45.4 Å². The van der Waals surface area contributed by atoms with Gasteiger partial charge in [-0.3, -0.25) is 0 Å². The van der Waals surface area contributed by atoms with E-state index in [-0.39, 0.29) is 60.1 Å². The third-order valence-corrected chi connectivity index (χ3v) is 4.27. The van der Waals surface area contributed by atoms with Crippen molar-refractivity contribution >= 4 is 39.8 Å². The van der Waals surface area contributed by atoms with Crippen molar-refractivity contribution in [1.82, 2.24) is 10.6 Å². The van der Waals surface area contributed by atoms with E-state index in [1.54, 1.807) is 27.7 Å². The molecule has 0 saturated heterocycles. The van der Waals surface area contributed by atoms with E-state index in [1.807, 2.05) is 0 Å². The molecule has 1 rings (SSSR count). The second-order valence-electron chi connectivity index (χ2n) is 7.28. The summed E-state index contributed by atoms with van der Waals surface area (Å²) in [7, 11) is -3.16. The van der Waals surface area contributed by atoms with E-state index in [0.29, 0.717) is 6.54 Å². The van der Waals surface area contributed by atoms with Crippen molar-refractivity contribution < 1.29 is 26.3 Å². The fourth-order valence-corrected chi connectivity index (χ4v) is 2.71. The zero-order valence-corrected chi connectivity index (χ0v) is 20.3. The van der Waals surface area contributed by atoms with E-state index >= 15 is 0 Å². The van der Waals surface area contributed by atoms with Crippen LogP contribution in [0.25, 0.3) is 0 Å². The molecule has 2 N–H and O–H groups in total. The largest absolute Gasteiger partial charge is 0.488 e. The maximum absolute atomic E-state index is 13.5. The predicted molar refractivity (Wildman–Crippen MR) is 120 cm³/mol. The number of benzene rings is 1. The monoisotopic (exact) mass is 551 g/mol. The molecule has 168 valence electrons. The lowest BCUT2D eigenvalue weighted by atomic mass is 10.1. The van der Waals surface area contributed by atoms with E-state index in [1.165, 1.54) is 12.1 Å². The van der Waals surface area contributed by atoms with Crippen LogP contribution in [0.4, 0.5) is 13.2 Å². The molecular formula is C18H29F3IN3O3S. The Morgan fingerprint density at radius 1 is 1.17 bits per heavy atom. The fraction of sp³-hybridized carbons (Fsp3) is 0.611. The number of hydrogen-bond donors (Lipinski definition) is 2. The van der Waals surface area contributed by atoms with Crippen LogP contribution in [0.1, 0.15) is 38.8 Å². The summed E-state index contributed by atoms with van der Waals surface area (Å²) in [6, 6.07) is 3.79. The molecule has 11 heteroatoms. The Morgan fingerprint density at radius 3 is 2.28 bits per heavy atom. The number of sulfone groups is 1. The van der Waals surface area contributed by atoms with E-state index in [4.69, 9.17) is 4.74 Å². The number of ether oxygens (including phenoxy) is 1. The van der Waals surface area contributed by atoms with Crippen LogP contribution in [0.2, 0.25) is 0 Å². The first-order chi connectivity index (χ1) is 12.7. The number of alkyl halides is 3. The standard InChI is InChI=1S/C18H28F3N3O3S.HI/c1-6-22-16(23-9-10-28(5,25)26)24-12-13-7-8-14(27-17(2,3)4)11-15(13)18(19,20)21;/h7-8,11H,6,9-10,12H2,1-5H3,(H2,22,23,24);1H. The second kappa shape index (κ2) is 11.2. The lowest BCUT2D eigenvalue weighted by molar-refractivity contribution is -0.138. The molecule has 29 heavy (non-hydrogen) atoms. The van der Waals surface area contributed by atoms with Gasteiger partial charge in [0.05, 0.1) is 17.9 Å². The topological polar surface area (TPSA) is 79.8 Å². The fourth-order valence-electron chi connectivity index (χ4n) is 2.24. The van der Waals surface area contributed by atoms with E-state index in [0.717, 1.165) is 12.3 Å². The van der Waals surface area contributed by atoms with Crippen LogP contribution < -0.4 is 15.4 Å². The number of guanidine groups is 1. The minimum atomic E-state index is -4.55. The highest BCUT2D eigenvalue weighted by atomic mass is 127. The number of hydrogen-bond acceptors (Lipinski definition) is 4. The summed E-state index contributed by atoms with van der Waals surface area (Å²) in [6.07, 6.45) is -3.44. The Morgan fingerprint density at radius 2 is 1.79 bits per heavy atom. The Balaban J connectivity index is 0.00000784. The highest BCUT2D eigenvalue weighted by Gasteiger charge is 2.34. The molecule has 0 bridgehead atoms. The van der Waals surface area contributed by atoms with Gasteiger partial charge in [-0.2, -0.15) is 13.2 Å². The van der Waals surface area contributed by atoms with Gasteiger partial charge >= 0.3 is 6.18 Å². The SMILES string of the molecule is CCNC(=NCc1ccc(OC(C)(C)C)cc1C(F)(F)F)NCCS(C)(=O)=O.I. The van der Waals surface area contributed by atoms with Crippen molar-refractivity contribution in [2.75, 3.05) is 25.1 Å². The van der Waals surface area contributed by atoms with Crippen LogP contribution >= 0.6 is 24.0 Å². The molecule has 0 aliphatic rings. The van der Waals surface area contributed by atoms with Gasteiger partial charge < -0.3 is 15.4 Å². The van der Waals surface area contributed by atoms with Crippen LogP contribution in [-0.4, -0.2) is 45.1 Å². The maximum Gasteiger partial charge on any atom is 0.416 e. The van der Waals surface area contributed by atoms with Crippen LogP contribution in [0, 0.1) is 0 Å². The molecule has 1 aromatic rings. The number of aliphatic imine (C=N–C) groups is 1. The van der Waals surface area contributed by atoms with Crippen molar-refractivity contribution in [3.8, 4) is 5.75 Å². The first kappa shape index (κ1) is 27.8. The van der Waals surface area contributed by atoms with Crippen LogP contribution in [-0.2, 0) is 22.6 Å². The summed E-state index contributed by atoms with van der Waals surface area (Å²) in [5, 5.41) is 5.68. The minimum absolute atomic E-state index is 0. The molecule has 0 fully saturated rings. The molecule has 0 radical (unpaired) electrons. The molecule has 0 aliphatic carbocycles. The summed E-state index contributed by atoms with van der Waals surface area (Å²) in [6.45, 7) is 7.42. The van der Waals surface area contributed by atoms with Gasteiger partial charge in [0.2, 0.25) is 0 Å². The maximum atomic E-state index is 13.5. The lowest BCUT2D eigenvalue weighted by Crippen LogP contribution is -2.39. The number of nitrogens with one attached hydrogen (secondary N) is 2. The summed E-state index contributed by atoms with van der Waals surface area (Å²) in [5.41, 5.74) is -1.44. The molecule has 0 spiro atoms. The van der Waals surface area contributed by atoms with Gasteiger partial charge in [0.15, 0.2) is 5.96 Å². The Labute approximate surface area is 187 Å². The molecule has 1 aromatic carbocycles. The van der Waals surface area contributed by atoms with E-state index < -0.39 is 27.2 Å². The molecule has 0 amide bonds. The molecule has 0 aromatic heterocycles. The first-order valence-electron chi connectivity index (χ1n) is 8.80. The second-order valence-corrected chi connectivity index (χ2v) is 9.54. The van der Waals surface area contributed by atoms with Gasteiger partial charge in [0.25, 0.3) is 0 Å². The molecule has 0 unspecified atom stereocenters. The van der Waals surface area contributed by atoms with Crippen molar-refractivity contribution in [2.45, 2.75) is 46.0 Å². The number of rotatable bonds is 7. The quantitative estimate of drug-likeness (QED) is 0.308. The van der Waals surface area contributed by atoms with Crippen molar-refractivity contribution in [3.05, 3.63) is 29.3 Å². The van der Waals surface area contributed by atoms with E-state index in [2.05, 4.69) is 15.6 Å². The van der Waals surface area contributed by atoms with Gasteiger partial charge in [-0.25, -0.2) is 13.4 Å². The molecule has 0 heterocycles. The Kier molecular flexibility index (Phi) is 10.8. The Bertz CT molecular complexity index is 792. The van der Waals surface area contributed by atoms with Gasteiger partial charge in [0, 0.05) is 19.3 Å². The average Bonchev–Trinajstić information content (AvgIpc) is 2.49. The number of nitrogens with zero attached hydrogens (tertiary/aromatic N) is 1. The lowest BCUT2D eigenvalue weighted by Gasteiger charge is -2.22. The highest BCUT2D eigenvalue weighted by molar-refractivity contribution is 14.0. The smallest absolute Gasteiger partial charge is 0.416 e. The molecule has 0 aliphatic heterocycles. The molecule has 6 nitrogen and oxygen atoms in total. The summed E-state index contributed by atoms with van der Waals surface area (Å²) in [4.78, 5) is 4.14. The number of halogens is 4. The van der Waals surface area contributed by atoms with Crippen LogP contribution in [0.15, 0.2) is 23.2 Å². The zero-order chi connectivity index (χ0) is 21.6. The average molecular weight is 551 g/mol. The van der Waals surface area contributed by atoms with Crippen molar-refractivity contribution in [1.29, 1.82) is 0 Å². The Hall–Kier alpha value is -1.24.